The monoisotopic (exact) mass is 350 g/mol. The van der Waals surface area contributed by atoms with Crippen molar-refractivity contribution in [1.82, 2.24) is 5.32 Å². The van der Waals surface area contributed by atoms with Crippen LogP contribution in [0.5, 0.6) is 0 Å². The molecule has 0 bridgehead atoms. The van der Waals surface area contributed by atoms with Gasteiger partial charge in [-0.15, -0.1) is 0 Å². The molecule has 136 valence electrons. The Bertz CT molecular complexity index is 801. The molecule has 0 radical (unpaired) electrons. The van der Waals surface area contributed by atoms with Crippen LogP contribution in [0, 0.1) is 19.8 Å². The van der Waals surface area contributed by atoms with E-state index in [1.54, 1.807) is 4.90 Å². The summed E-state index contributed by atoms with van der Waals surface area (Å²) in [5.74, 6) is -0.0582. The predicted molar refractivity (Wildman–Crippen MR) is 104 cm³/mol. The summed E-state index contributed by atoms with van der Waals surface area (Å²) < 4.78 is 0. The summed E-state index contributed by atoms with van der Waals surface area (Å²) in [6.07, 6.45) is 0.276. The van der Waals surface area contributed by atoms with Crippen LogP contribution >= 0.6 is 0 Å². The van der Waals surface area contributed by atoms with Gasteiger partial charge >= 0.3 is 0 Å². The Morgan fingerprint density at radius 3 is 2.58 bits per heavy atom. The molecule has 0 aliphatic carbocycles. The smallest absolute Gasteiger partial charge is 0.227 e. The minimum absolute atomic E-state index is 0.0181. The van der Waals surface area contributed by atoms with E-state index in [9.17, 15) is 9.59 Å². The first-order valence-corrected chi connectivity index (χ1v) is 9.16. The zero-order chi connectivity index (χ0) is 18.7. The molecule has 1 saturated heterocycles. The number of benzene rings is 2. The molecule has 0 spiro atoms. The van der Waals surface area contributed by atoms with Gasteiger partial charge in [-0.3, -0.25) is 9.59 Å². The molecule has 1 N–H and O–H groups in total. The molecule has 1 aliphatic heterocycles. The van der Waals surface area contributed by atoms with Crippen LogP contribution in [-0.2, 0) is 9.59 Å². The van der Waals surface area contributed by atoms with Crippen molar-refractivity contribution in [2.45, 2.75) is 33.1 Å². The second-order valence-electron chi connectivity index (χ2n) is 7.23. The number of carbonyl (C=O) groups is 2. The van der Waals surface area contributed by atoms with Crippen LogP contribution in [0.1, 0.15) is 36.0 Å². The Hall–Kier alpha value is -2.62. The summed E-state index contributed by atoms with van der Waals surface area (Å²) >= 11 is 0. The quantitative estimate of drug-likeness (QED) is 0.896. The number of hydrogen-bond donors (Lipinski definition) is 1. The van der Waals surface area contributed by atoms with E-state index in [1.807, 2.05) is 43.3 Å². The number of carbonyl (C=O) groups excluding carboxylic acids is 2. The summed E-state index contributed by atoms with van der Waals surface area (Å²) in [4.78, 5) is 26.7. The molecule has 2 amide bonds. The molecule has 0 saturated carbocycles. The van der Waals surface area contributed by atoms with E-state index < -0.39 is 0 Å². The highest BCUT2D eigenvalue weighted by atomic mass is 16.2. The van der Waals surface area contributed by atoms with E-state index in [2.05, 4.69) is 31.3 Å². The van der Waals surface area contributed by atoms with Crippen molar-refractivity contribution in [1.29, 1.82) is 0 Å². The molecule has 2 aromatic rings. The van der Waals surface area contributed by atoms with Crippen molar-refractivity contribution in [3.8, 4) is 0 Å². The van der Waals surface area contributed by atoms with Crippen molar-refractivity contribution >= 4 is 17.5 Å². The summed E-state index contributed by atoms with van der Waals surface area (Å²) in [6.45, 7) is 7.21. The fraction of sp³-hybridized carbons (Fsp3) is 0.364. The maximum Gasteiger partial charge on any atom is 0.227 e. The minimum atomic E-state index is -0.285. The number of aryl methyl sites for hydroxylation is 2. The van der Waals surface area contributed by atoms with Crippen LogP contribution in [0.25, 0.3) is 0 Å². The maximum atomic E-state index is 12.5. The number of rotatable bonds is 5. The van der Waals surface area contributed by atoms with Gasteiger partial charge in [-0.25, -0.2) is 0 Å². The van der Waals surface area contributed by atoms with Gasteiger partial charge in [-0.1, -0.05) is 43.3 Å². The lowest BCUT2D eigenvalue weighted by molar-refractivity contribution is -0.126. The van der Waals surface area contributed by atoms with Gasteiger partial charge in [0.05, 0.1) is 5.92 Å². The van der Waals surface area contributed by atoms with E-state index in [0.717, 1.165) is 11.3 Å². The van der Waals surface area contributed by atoms with Gasteiger partial charge in [-0.2, -0.15) is 0 Å². The molecular formula is C22H26N2O2. The highest BCUT2D eigenvalue weighted by molar-refractivity contribution is 6.00. The normalized spacial score (nSPS) is 18.0. The molecule has 0 unspecified atom stereocenters. The lowest BCUT2D eigenvalue weighted by Crippen LogP contribution is -2.35. The Balaban J connectivity index is 1.59. The van der Waals surface area contributed by atoms with Crippen LogP contribution in [-0.4, -0.2) is 24.9 Å². The predicted octanol–water partition coefficient (Wildman–Crippen LogP) is 3.58. The SMILES string of the molecule is Cc1ccc(N2C[C@H](C(=O)NC[C@H](C)c3ccccc3)CC2=O)cc1C. The average Bonchev–Trinajstić information content (AvgIpc) is 3.04. The van der Waals surface area contributed by atoms with Gasteiger partial charge in [-0.05, 0) is 48.6 Å². The van der Waals surface area contributed by atoms with Crippen molar-refractivity contribution in [2.24, 2.45) is 5.92 Å². The van der Waals surface area contributed by atoms with Gasteiger partial charge in [0, 0.05) is 25.2 Å². The molecule has 4 heteroatoms. The molecule has 2 atom stereocenters. The molecule has 2 aromatic carbocycles. The lowest BCUT2D eigenvalue weighted by Gasteiger charge is -2.18. The van der Waals surface area contributed by atoms with Crippen molar-refractivity contribution in [2.75, 3.05) is 18.0 Å². The second kappa shape index (κ2) is 7.73. The van der Waals surface area contributed by atoms with Gasteiger partial charge in [0.2, 0.25) is 11.8 Å². The van der Waals surface area contributed by atoms with Crippen LogP contribution < -0.4 is 10.2 Å². The van der Waals surface area contributed by atoms with Crippen LogP contribution in [0.4, 0.5) is 5.69 Å². The Morgan fingerprint density at radius 1 is 1.15 bits per heavy atom. The fourth-order valence-corrected chi connectivity index (χ4v) is 3.32. The first kappa shape index (κ1) is 18.2. The van der Waals surface area contributed by atoms with Gasteiger partial charge in [0.1, 0.15) is 0 Å². The maximum absolute atomic E-state index is 12.5. The highest BCUT2D eigenvalue weighted by Gasteiger charge is 2.35. The van der Waals surface area contributed by atoms with Crippen molar-refractivity contribution in [3.05, 3.63) is 65.2 Å². The third-order valence-electron chi connectivity index (χ3n) is 5.25. The number of amides is 2. The third-order valence-corrected chi connectivity index (χ3v) is 5.25. The molecule has 0 aromatic heterocycles. The average molecular weight is 350 g/mol. The van der Waals surface area contributed by atoms with Gasteiger partial charge in [0.25, 0.3) is 0 Å². The van der Waals surface area contributed by atoms with Crippen LogP contribution in [0.3, 0.4) is 0 Å². The van der Waals surface area contributed by atoms with Crippen LogP contribution in [0.15, 0.2) is 48.5 Å². The second-order valence-corrected chi connectivity index (χ2v) is 7.23. The number of anilines is 1. The molecule has 1 fully saturated rings. The Labute approximate surface area is 155 Å². The van der Waals surface area contributed by atoms with E-state index >= 15 is 0 Å². The zero-order valence-corrected chi connectivity index (χ0v) is 15.7. The van der Waals surface area contributed by atoms with Crippen molar-refractivity contribution in [3.63, 3.8) is 0 Å². The topological polar surface area (TPSA) is 49.4 Å². The van der Waals surface area contributed by atoms with E-state index in [0.29, 0.717) is 13.1 Å². The lowest BCUT2D eigenvalue weighted by atomic mass is 10.0. The summed E-state index contributed by atoms with van der Waals surface area (Å²) in [5.41, 5.74) is 4.43. The Morgan fingerprint density at radius 2 is 1.88 bits per heavy atom. The van der Waals surface area contributed by atoms with Crippen LogP contribution in [0.2, 0.25) is 0 Å². The van der Waals surface area contributed by atoms with Crippen molar-refractivity contribution < 1.29 is 9.59 Å². The van der Waals surface area contributed by atoms with E-state index in [4.69, 9.17) is 0 Å². The first-order valence-electron chi connectivity index (χ1n) is 9.16. The minimum Gasteiger partial charge on any atom is -0.355 e. The molecule has 4 nitrogen and oxygen atoms in total. The number of nitrogens with zero attached hydrogens (tertiary/aromatic N) is 1. The number of nitrogens with one attached hydrogen (secondary N) is 1. The molecule has 1 heterocycles. The molecule has 1 aliphatic rings. The van der Waals surface area contributed by atoms with E-state index in [1.165, 1.54) is 11.1 Å². The summed E-state index contributed by atoms with van der Waals surface area (Å²) in [7, 11) is 0. The third kappa shape index (κ3) is 3.96. The standard InChI is InChI=1S/C22H26N2O2/c1-15-9-10-20(11-16(15)2)24-14-19(12-21(24)25)22(26)23-13-17(3)18-7-5-4-6-8-18/h4-11,17,19H,12-14H2,1-3H3,(H,23,26)/t17-,19+/m0/s1. The van der Waals surface area contributed by atoms with Gasteiger partial charge in [0.15, 0.2) is 0 Å². The molecule has 26 heavy (non-hydrogen) atoms. The largest absolute Gasteiger partial charge is 0.355 e. The molecular weight excluding hydrogens is 324 g/mol. The fourth-order valence-electron chi connectivity index (χ4n) is 3.32. The summed E-state index contributed by atoms with van der Waals surface area (Å²) in [5, 5.41) is 3.02. The number of hydrogen-bond acceptors (Lipinski definition) is 2. The highest BCUT2D eigenvalue weighted by Crippen LogP contribution is 2.27. The zero-order valence-electron chi connectivity index (χ0n) is 15.7. The first-order chi connectivity index (χ1) is 12.5. The van der Waals surface area contributed by atoms with Gasteiger partial charge < -0.3 is 10.2 Å². The van der Waals surface area contributed by atoms with E-state index in [-0.39, 0.29) is 30.1 Å². The molecule has 3 rings (SSSR count). The summed E-state index contributed by atoms with van der Waals surface area (Å²) in [6, 6.07) is 16.1. The Kier molecular flexibility index (Phi) is 5.40.